The van der Waals surface area contributed by atoms with Gasteiger partial charge < -0.3 is 10.2 Å². The van der Waals surface area contributed by atoms with Gasteiger partial charge in [-0.25, -0.2) is 0 Å². The number of rotatable bonds is 6. The molecule has 7 nitrogen and oxygen atoms in total. The summed E-state index contributed by atoms with van der Waals surface area (Å²) in [6, 6.07) is 6.81. The molecule has 0 amide bonds. The van der Waals surface area contributed by atoms with E-state index in [-0.39, 0.29) is 0 Å². The Morgan fingerprint density at radius 3 is 2.58 bits per heavy atom. The number of aryl methyl sites for hydroxylation is 1. The quantitative estimate of drug-likeness (QED) is 0.438. The first-order valence-corrected chi connectivity index (χ1v) is 12.1. The van der Waals surface area contributed by atoms with Crippen LogP contribution in [0.4, 0.5) is 0 Å². The molecule has 0 unspecified atom stereocenters. The molecule has 7 heteroatoms. The number of aromatic nitrogens is 3. The maximum atomic E-state index is 4.54. The van der Waals surface area contributed by atoms with E-state index in [1.54, 1.807) is 0 Å². The van der Waals surface area contributed by atoms with Crippen molar-refractivity contribution in [3.05, 3.63) is 30.2 Å². The van der Waals surface area contributed by atoms with Crippen molar-refractivity contribution in [3.63, 3.8) is 0 Å². The fourth-order valence-electron chi connectivity index (χ4n) is 5.27. The van der Waals surface area contributed by atoms with E-state index in [9.17, 15) is 0 Å². The molecule has 3 heterocycles. The molecule has 1 aliphatic heterocycles. The van der Waals surface area contributed by atoms with Gasteiger partial charge in [0.2, 0.25) is 0 Å². The van der Waals surface area contributed by atoms with E-state index < -0.39 is 0 Å². The molecule has 0 aromatic carbocycles. The van der Waals surface area contributed by atoms with Crippen LogP contribution in [0.3, 0.4) is 0 Å². The lowest BCUT2D eigenvalue weighted by Crippen LogP contribution is -2.55. The van der Waals surface area contributed by atoms with Crippen LogP contribution in [0.1, 0.15) is 51.8 Å². The lowest BCUT2D eigenvalue weighted by Gasteiger charge is -2.43. The largest absolute Gasteiger partial charge is 0.356 e. The second-order valence-corrected chi connectivity index (χ2v) is 9.46. The maximum absolute atomic E-state index is 4.54. The molecule has 0 atom stereocenters. The topological polar surface area (TPSA) is 61.1 Å². The molecular formula is C24H39N7. The second kappa shape index (κ2) is 10.4. The van der Waals surface area contributed by atoms with Gasteiger partial charge in [0.15, 0.2) is 11.6 Å². The van der Waals surface area contributed by atoms with Gasteiger partial charge in [-0.1, -0.05) is 19.9 Å². The van der Waals surface area contributed by atoms with Gasteiger partial charge >= 0.3 is 0 Å². The Kier molecular flexibility index (Phi) is 7.43. The average Bonchev–Trinajstić information content (AvgIpc) is 3.22. The van der Waals surface area contributed by atoms with Crippen molar-refractivity contribution in [3.8, 4) is 0 Å². The first kappa shape index (κ1) is 22.1. The van der Waals surface area contributed by atoms with E-state index in [4.69, 9.17) is 0 Å². The van der Waals surface area contributed by atoms with Crippen molar-refractivity contribution in [1.29, 1.82) is 0 Å². The van der Waals surface area contributed by atoms with Gasteiger partial charge in [-0.05, 0) is 56.1 Å². The number of guanidine groups is 1. The minimum absolute atomic E-state index is 0.796. The second-order valence-electron chi connectivity index (χ2n) is 9.46. The summed E-state index contributed by atoms with van der Waals surface area (Å²) in [6.07, 6.45) is 9.53. The summed E-state index contributed by atoms with van der Waals surface area (Å²) in [5, 5.41) is 12.1. The van der Waals surface area contributed by atoms with Crippen molar-refractivity contribution in [2.45, 2.75) is 58.4 Å². The van der Waals surface area contributed by atoms with Crippen molar-refractivity contribution in [1.82, 2.24) is 29.7 Å². The fourth-order valence-corrected chi connectivity index (χ4v) is 5.27. The summed E-state index contributed by atoms with van der Waals surface area (Å²) in [5.74, 6) is 3.84. The first-order chi connectivity index (χ1) is 15.2. The standard InChI is InChI=1S/C24H39N7/c1-19(2)20-9-11-21(12-10-20)29-15-17-30(18-16-29)24(25-3)26-13-6-8-23-28-27-22-7-4-5-14-31(22)23/h4-5,7,14,19-21H,6,8-13,15-18H2,1-3H3,(H,25,26). The molecule has 1 saturated heterocycles. The third kappa shape index (κ3) is 5.37. The van der Waals surface area contributed by atoms with Crippen LogP contribution in [0.5, 0.6) is 0 Å². The summed E-state index contributed by atoms with van der Waals surface area (Å²) in [7, 11) is 1.90. The van der Waals surface area contributed by atoms with Crippen LogP contribution in [0.15, 0.2) is 29.4 Å². The zero-order valence-corrected chi connectivity index (χ0v) is 19.5. The number of aliphatic imine (C=N–C) groups is 1. The molecule has 0 radical (unpaired) electrons. The zero-order chi connectivity index (χ0) is 21.6. The zero-order valence-electron chi connectivity index (χ0n) is 19.5. The minimum atomic E-state index is 0.796. The molecule has 2 aromatic rings. The Morgan fingerprint density at radius 1 is 1.10 bits per heavy atom. The van der Waals surface area contributed by atoms with E-state index in [0.717, 1.165) is 80.9 Å². The summed E-state index contributed by atoms with van der Waals surface area (Å²) in [6.45, 7) is 10.1. The Balaban J connectivity index is 1.18. The third-order valence-electron chi connectivity index (χ3n) is 7.27. The molecule has 0 spiro atoms. The van der Waals surface area contributed by atoms with Crippen molar-refractivity contribution in [2.24, 2.45) is 16.8 Å². The van der Waals surface area contributed by atoms with Crippen LogP contribution < -0.4 is 5.32 Å². The number of hydrogen-bond acceptors (Lipinski definition) is 4. The third-order valence-corrected chi connectivity index (χ3v) is 7.27. The van der Waals surface area contributed by atoms with Gasteiger partial charge in [0.05, 0.1) is 0 Å². The summed E-state index contributed by atoms with van der Waals surface area (Å²) >= 11 is 0. The lowest BCUT2D eigenvalue weighted by atomic mass is 9.79. The Morgan fingerprint density at radius 2 is 1.87 bits per heavy atom. The Labute approximate surface area is 186 Å². The summed E-state index contributed by atoms with van der Waals surface area (Å²) < 4.78 is 2.07. The summed E-state index contributed by atoms with van der Waals surface area (Å²) in [4.78, 5) is 9.70. The Bertz CT molecular complexity index is 842. The highest BCUT2D eigenvalue weighted by molar-refractivity contribution is 5.79. The van der Waals surface area contributed by atoms with E-state index in [2.05, 4.69) is 48.6 Å². The van der Waals surface area contributed by atoms with E-state index in [1.807, 2.05) is 31.4 Å². The van der Waals surface area contributed by atoms with Gasteiger partial charge in [0.1, 0.15) is 5.82 Å². The molecule has 1 N–H and O–H groups in total. The highest BCUT2D eigenvalue weighted by Crippen LogP contribution is 2.32. The van der Waals surface area contributed by atoms with E-state index >= 15 is 0 Å². The number of pyridine rings is 1. The van der Waals surface area contributed by atoms with Gasteiger partial charge in [0.25, 0.3) is 0 Å². The van der Waals surface area contributed by atoms with Crippen LogP contribution in [0, 0.1) is 11.8 Å². The Hall–Kier alpha value is -2.15. The molecule has 2 fully saturated rings. The van der Waals surface area contributed by atoms with E-state index in [1.165, 1.54) is 25.7 Å². The normalized spacial score (nSPS) is 23.6. The maximum Gasteiger partial charge on any atom is 0.193 e. The molecule has 1 saturated carbocycles. The molecule has 0 bridgehead atoms. The van der Waals surface area contributed by atoms with Gasteiger partial charge in [-0.2, -0.15) is 0 Å². The smallest absolute Gasteiger partial charge is 0.193 e. The molecule has 31 heavy (non-hydrogen) atoms. The van der Waals surface area contributed by atoms with Crippen LogP contribution in [-0.4, -0.2) is 76.2 Å². The number of nitrogens with zero attached hydrogens (tertiary/aromatic N) is 6. The van der Waals surface area contributed by atoms with Gasteiger partial charge in [-0.3, -0.25) is 14.3 Å². The highest BCUT2D eigenvalue weighted by atomic mass is 15.3. The predicted molar refractivity (Wildman–Crippen MR) is 126 cm³/mol. The van der Waals surface area contributed by atoms with Crippen LogP contribution in [0.25, 0.3) is 5.65 Å². The predicted octanol–water partition coefficient (Wildman–Crippen LogP) is 3.07. The molecule has 1 aliphatic carbocycles. The van der Waals surface area contributed by atoms with Crippen molar-refractivity contribution >= 4 is 11.6 Å². The van der Waals surface area contributed by atoms with Crippen LogP contribution >= 0.6 is 0 Å². The van der Waals surface area contributed by atoms with Crippen LogP contribution in [-0.2, 0) is 6.42 Å². The van der Waals surface area contributed by atoms with Crippen molar-refractivity contribution < 1.29 is 0 Å². The number of piperazine rings is 1. The minimum Gasteiger partial charge on any atom is -0.356 e. The number of fused-ring (bicyclic) bond motifs is 1. The fraction of sp³-hybridized carbons (Fsp3) is 0.708. The molecule has 2 aliphatic rings. The molecule has 4 rings (SSSR count). The molecule has 2 aromatic heterocycles. The number of nitrogens with one attached hydrogen (secondary N) is 1. The lowest BCUT2D eigenvalue weighted by molar-refractivity contribution is 0.0864. The highest BCUT2D eigenvalue weighted by Gasteiger charge is 2.29. The summed E-state index contributed by atoms with van der Waals surface area (Å²) in [5.41, 5.74) is 0.914. The SMILES string of the molecule is CN=C(NCCCc1nnc2ccccn12)N1CCN(C2CCC(C(C)C)CC2)CC1. The van der Waals surface area contributed by atoms with E-state index in [0.29, 0.717) is 0 Å². The monoisotopic (exact) mass is 425 g/mol. The molecular weight excluding hydrogens is 386 g/mol. The van der Waals surface area contributed by atoms with Gasteiger partial charge in [-0.15, -0.1) is 10.2 Å². The molecule has 170 valence electrons. The average molecular weight is 426 g/mol. The van der Waals surface area contributed by atoms with Gasteiger partial charge in [0, 0.05) is 58.4 Å². The van der Waals surface area contributed by atoms with Crippen LogP contribution in [0.2, 0.25) is 0 Å². The first-order valence-electron chi connectivity index (χ1n) is 12.1. The van der Waals surface area contributed by atoms with Crippen molar-refractivity contribution in [2.75, 3.05) is 39.8 Å². The number of hydrogen-bond donors (Lipinski definition) is 1.